The molecule has 106 valence electrons. The third-order valence-electron chi connectivity index (χ3n) is 4.22. The van der Waals surface area contributed by atoms with Gasteiger partial charge in [-0.1, -0.05) is 43.7 Å². The SMILES string of the molecule is CNC(Cc1cc(Cl)ccc1F)CC1CCCCC1. The van der Waals surface area contributed by atoms with E-state index in [4.69, 9.17) is 11.6 Å². The van der Waals surface area contributed by atoms with Crippen molar-refractivity contribution < 1.29 is 4.39 Å². The van der Waals surface area contributed by atoms with Crippen molar-refractivity contribution in [3.05, 3.63) is 34.6 Å². The minimum Gasteiger partial charge on any atom is -0.317 e. The fourth-order valence-corrected chi connectivity index (χ4v) is 3.29. The van der Waals surface area contributed by atoms with Gasteiger partial charge < -0.3 is 5.32 Å². The normalized spacial score (nSPS) is 18.5. The predicted octanol–water partition coefficient (Wildman–Crippen LogP) is 4.58. The minimum atomic E-state index is -0.145. The molecule has 0 spiro atoms. The Balaban J connectivity index is 1.95. The molecule has 1 unspecified atom stereocenters. The first kappa shape index (κ1) is 14.8. The molecule has 3 heteroatoms. The summed E-state index contributed by atoms with van der Waals surface area (Å²) in [7, 11) is 1.97. The molecule has 1 aromatic rings. The maximum atomic E-state index is 13.8. The molecular weight excluding hydrogens is 261 g/mol. The number of benzene rings is 1. The van der Waals surface area contributed by atoms with Gasteiger partial charge in [-0.15, -0.1) is 0 Å². The zero-order chi connectivity index (χ0) is 13.7. The molecule has 2 rings (SSSR count). The van der Waals surface area contributed by atoms with E-state index in [-0.39, 0.29) is 5.82 Å². The van der Waals surface area contributed by atoms with E-state index in [1.165, 1.54) is 38.2 Å². The number of likely N-dealkylation sites (N-methyl/N-ethyl adjacent to an activating group) is 1. The van der Waals surface area contributed by atoms with Crippen LogP contribution in [0.15, 0.2) is 18.2 Å². The van der Waals surface area contributed by atoms with Crippen molar-refractivity contribution in [3.8, 4) is 0 Å². The molecule has 1 aliphatic carbocycles. The number of hydrogen-bond donors (Lipinski definition) is 1. The molecule has 0 aliphatic heterocycles. The summed E-state index contributed by atoms with van der Waals surface area (Å²) in [6.07, 6.45) is 8.61. The highest BCUT2D eigenvalue weighted by molar-refractivity contribution is 6.30. The van der Waals surface area contributed by atoms with Crippen LogP contribution in [0.3, 0.4) is 0 Å². The fourth-order valence-electron chi connectivity index (χ4n) is 3.09. The summed E-state index contributed by atoms with van der Waals surface area (Å²) in [5.74, 6) is 0.654. The molecule has 1 atom stereocenters. The molecule has 0 heterocycles. The summed E-state index contributed by atoms with van der Waals surface area (Å²) in [5, 5.41) is 3.95. The van der Waals surface area contributed by atoms with Crippen molar-refractivity contribution in [2.75, 3.05) is 7.05 Å². The van der Waals surface area contributed by atoms with E-state index < -0.39 is 0 Å². The largest absolute Gasteiger partial charge is 0.317 e. The maximum absolute atomic E-state index is 13.8. The Bertz CT molecular complexity index is 402. The summed E-state index contributed by atoms with van der Waals surface area (Å²) in [6.45, 7) is 0. The average molecular weight is 284 g/mol. The van der Waals surface area contributed by atoms with Gasteiger partial charge in [0, 0.05) is 11.1 Å². The third kappa shape index (κ3) is 4.47. The molecule has 0 aromatic heterocycles. The van der Waals surface area contributed by atoms with E-state index in [0.29, 0.717) is 11.1 Å². The Morgan fingerprint density at radius 2 is 2.05 bits per heavy atom. The highest BCUT2D eigenvalue weighted by Crippen LogP contribution is 2.28. The van der Waals surface area contributed by atoms with Crippen LogP contribution in [-0.2, 0) is 6.42 Å². The first-order chi connectivity index (χ1) is 9.19. The van der Waals surface area contributed by atoms with Crippen LogP contribution >= 0.6 is 11.6 Å². The lowest BCUT2D eigenvalue weighted by Gasteiger charge is -2.26. The monoisotopic (exact) mass is 283 g/mol. The van der Waals surface area contributed by atoms with Crippen LogP contribution < -0.4 is 5.32 Å². The standard InChI is InChI=1S/C16H23ClFN/c1-19-15(9-12-5-3-2-4-6-12)11-13-10-14(17)7-8-16(13)18/h7-8,10,12,15,19H,2-6,9,11H2,1H3. The first-order valence-corrected chi connectivity index (χ1v) is 7.68. The molecule has 0 bridgehead atoms. The van der Waals surface area contributed by atoms with Gasteiger partial charge in [-0.2, -0.15) is 0 Å². The predicted molar refractivity (Wildman–Crippen MR) is 79.2 cm³/mol. The molecule has 0 radical (unpaired) electrons. The Morgan fingerprint density at radius 3 is 2.74 bits per heavy atom. The highest BCUT2D eigenvalue weighted by atomic mass is 35.5. The first-order valence-electron chi connectivity index (χ1n) is 7.30. The number of halogens is 2. The van der Waals surface area contributed by atoms with Crippen LogP contribution in [0.4, 0.5) is 4.39 Å². The smallest absolute Gasteiger partial charge is 0.126 e. The molecule has 1 N–H and O–H groups in total. The van der Waals surface area contributed by atoms with Gasteiger partial charge in [-0.3, -0.25) is 0 Å². The molecule has 19 heavy (non-hydrogen) atoms. The van der Waals surface area contributed by atoms with Gasteiger partial charge in [0.1, 0.15) is 5.82 Å². The topological polar surface area (TPSA) is 12.0 Å². The lowest BCUT2D eigenvalue weighted by molar-refractivity contribution is 0.302. The summed E-state index contributed by atoms with van der Waals surface area (Å²) in [4.78, 5) is 0. The third-order valence-corrected chi connectivity index (χ3v) is 4.46. The van der Waals surface area contributed by atoms with Crippen molar-refractivity contribution >= 4 is 11.6 Å². The van der Waals surface area contributed by atoms with Crippen LogP contribution in [0.2, 0.25) is 5.02 Å². The second-order valence-corrected chi connectivity index (χ2v) is 6.10. The van der Waals surface area contributed by atoms with Crippen molar-refractivity contribution in [2.45, 2.75) is 51.0 Å². The van der Waals surface area contributed by atoms with Gasteiger partial charge in [0.25, 0.3) is 0 Å². The average Bonchev–Trinajstić information content (AvgIpc) is 2.43. The van der Waals surface area contributed by atoms with Gasteiger partial charge in [0.2, 0.25) is 0 Å². The van der Waals surface area contributed by atoms with Crippen molar-refractivity contribution in [2.24, 2.45) is 5.92 Å². The lowest BCUT2D eigenvalue weighted by Crippen LogP contribution is -2.31. The molecule has 0 amide bonds. The van der Waals surface area contributed by atoms with Gasteiger partial charge in [0.05, 0.1) is 0 Å². The number of rotatable bonds is 5. The molecule has 1 aliphatic rings. The van der Waals surface area contributed by atoms with Crippen molar-refractivity contribution in [3.63, 3.8) is 0 Å². The van der Waals surface area contributed by atoms with Crippen molar-refractivity contribution in [1.82, 2.24) is 5.32 Å². The molecule has 0 saturated heterocycles. The maximum Gasteiger partial charge on any atom is 0.126 e. The minimum absolute atomic E-state index is 0.145. The van der Waals surface area contributed by atoms with Crippen molar-refractivity contribution in [1.29, 1.82) is 0 Å². The molecule has 1 fully saturated rings. The Kier molecular flexibility index (Phi) is 5.65. The van der Waals surface area contributed by atoms with E-state index in [9.17, 15) is 4.39 Å². The second kappa shape index (κ2) is 7.25. The van der Waals surface area contributed by atoms with Crippen LogP contribution in [0.1, 0.15) is 44.1 Å². The summed E-state index contributed by atoms with van der Waals surface area (Å²) in [6, 6.07) is 5.17. The molecule has 1 saturated carbocycles. The van der Waals surface area contributed by atoms with Gasteiger partial charge >= 0.3 is 0 Å². The second-order valence-electron chi connectivity index (χ2n) is 5.67. The zero-order valence-corrected chi connectivity index (χ0v) is 12.3. The van der Waals surface area contributed by atoms with E-state index in [1.807, 2.05) is 7.05 Å². The van der Waals surface area contributed by atoms with Crippen LogP contribution in [0.5, 0.6) is 0 Å². The molecule has 1 nitrogen and oxygen atoms in total. The molecular formula is C16H23ClFN. The van der Waals surface area contributed by atoms with Crippen LogP contribution in [0.25, 0.3) is 0 Å². The van der Waals surface area contributed by atoms with Gasteiger partial charge in [-0.05, 0) is 49.6 Å². The Hall–Kier alpha value is -0.600. The quantitative estimate of drug-likeness (QED) is 0.834. The summed E-state index contributed by atoms with van der Waals surface area (Å²) < 4.78 is 13.8. The lowest BCUT2D eigenvalue weighted by atomic mass is 9.83. The number of hydrogen-bond acceptors (Lipinski definition) is 1. The Morgan fingerprint density at radius 1 is 1.32 bits per heavy atom. The summed E-state index contributed by atoms with van der Waals surface area (Å²) >= 11 is 5.95. The molecule has 1 aromatic carbocycles. The zero-order valence-electron chi connectivity index (χ0n) is 11.6. The van der Waals surface area contributed by atoms with Crippen LogP contribution in [0, 0.1) is 11.7 Å². The van der Waals surface area contributed by atoms with E-state index >= 15 is 0 Å². The fraction of sp³-hybridized carbons (Fsp3) is 0.625. The van der Waals surface area contributed by atoms with Gasteiger partial charge in [0.15, 0.2) is 0 Å². The number of nitrogens with one attached hydrogen (secondary N) is 1. The highest BCUT2D eigenvalue weighted by Gasteiger charge is 2.19. The van der Waals surface area contributed by atoms with E-state index in [2.05, 4.69) is 5.32 Å². The van der Waals surface area contributed by atoms with Crippen LogP contribution in [-0.4, -0.2) is 13.1 Å². The van der Waals surface area contributed by atoms with E-state index in [0.717, 1.165) is 24.3 Å². The van der Waals surface area contributed by atoms with E-state index in [1.54, 1.807) is 12.1 Å². The Labute approximate surface area is 120 Å². The van der Waals surface area contributed by atoms with Gasteiger partial charge in [-0.25, -0.2) is 4.39 Å². The summed E-state index contributed by atoms with van der Waals surface area (Å²) in [5.41, 5.74) is 0.725.